The van der Waals surface area contributed by atoms with Gasteiger partial charge in [0.25, 0.3) is 0 Å². The van der Waals surface area contributed by atoms with E-state index in [0.29, 0.717) is 5.75 Å². The molecule has 158 valence electrons. The zero-order valence-electron chi connectivity index (χ0n) is 17.4. The number of carbonyl (C=O) groups excluding carboxylic acids is 2. The summed E-state index contributed by atoms with van der Waals surface area (Å²) >= 11 is 0. The molecule has 7 heteroatoms. The number of ether oxygens (including phenoxy) is 3. The summed E-state index contributed by atoms with van der Waals surface area (Å²) in [4.78, 5) is 24.9. The third-order valence-corrected chi connectivity index (χ3v) is 3.87. The number of hydrogen-bond donors (Lipinski definition) is 1. The van der Waals surface area contributed by atoms with E-state index in [1.807, 2.05) is 36.4 Å². The maximum Gasteiger partial charge on any atom is 0.408 e. The molecule has 0 aliphatic carbocycles. The lowest BCUT2D eigenvalue weighted by atomic mass is 10.1. The standard InChI is InChI=1S/C23H26N2O5/c1-23(2,3)30-22(27)25-20(21(26)29-16-18-7-5-4-6-8-18)15-17-9-11-19(12-10-17)28-14-13-24/h4-12,20H,14-16H2,1-3H3,(H,25,27). The highest BCUT2D eigenvalue weighted by Gasteiger charge is 2.26. The van der Waals surface area contributed by atoms with Crippen LogP contribution in [-0.2, 0) is 27.3 Å². The molecule has 1 amide bonds. The Bertz CT molecular complexity index is 867. The minimum atomic E-state index is -0.922. The SMILES string of the molecule is CC(C)(C)OC(=O)NC(Cc1ccc(OCC#N)cc1)C(=O)OCc1ccccc1. The van der Waals surface area contributed by atoms with Crippen molar-refractivity contribution in [1.82, 2.24) is 5.32 Å². The van der Waals surface area contributed by atoms with Crippen molar-refractivity contribution >= 4 is 12.1 Å². The van der Waals surface area contributed by atoms with Gasteiger partial charge < -0.3 is 19.5 Å². The molecule has 30 heavy (non-hydrogen) atoms. The first-order valence-electron chi connectivity index (χ1n) is 9.55. The van der Waals surface area contributed by atoms with E-state index >= 15 is 0 Å². The fraction of sp³-hybridized carbons (Fsp3) is 0.348. The molecule has 2 aromatic carbocycles. The van der Waals surface area contributed by atoms with E-state index in [-0.39, 0.29) is 19.6 Å². The predicted octanol–water partition coefficient (Wildman–Crippen LogP) is 3.77. The largest absolute Gasteiger partial charge is 0.479 e. The van der Waals surface area contributed by atoms with Crippen molar-refractivity contribution in [2.24, 2.45) is 0 Å². The van der Waals surface area contributed by atoms with E-state index in [0.717, 1.165) is 11.1 Å². The van der Waals surface area contributed by atoms with Gasteiger partial charge in [-0.25, -0.2) is 9.59 Å². The van der Waals surface area contributed by atoms with Crippen LogP contribution < -0.4 is 10.1 Å². The van der Waals surface area contributed by atoms with Gasteiger partial charge >= 0.3 is 12.1 Å². The van der Waals surface area contributed by atoms with Gasteiger partial charge in [0, 0.05) is 6.42 Å². The molecule has 0 saturated carbocycles. The Morgan fingerprint density at radius 1 is 1.03 bits per heavy atom. The van der Waals surface area contributed by atoms with Crippen LogP contribution >= 0.6 is 0 Å². The first kappa shape index (κ1) is 22.8. The summed E-state index contributed by atoms with van der Waals surface area (Å²) in [7, 11) is 0. The molecule has 0 heterocycles. The van der Waals surface area contributed by atoms with Gasteiger partial charge in [-0.15, -0.1) is 0 Å². The van der Waals surface area contributed by atoms with Crippen LogP contribution in [0.4, 0.5) is 4.79 Å². The lowest BCUT2D eigenvalue weighted by Crippen LogP contribution is -2.45. The summed E-state index contributed by atoms with van der Waals surface area (Å²) in [5.41, 5.74) is 0.945. The molecule has 0 bridgehead atoms. The minimum absolute atomic E-state index is 0.0476. The second-order valence-electron chi connectivity index (χ2n) is 7.59. The van der Waals surface area contributed by atoms with Crippen LogP contribution in [0, 0.1) is 11.3 Å². The highest BCUT2D eigenvalue weighted by Crippen LogP contribution is 2.15. The number of nitriles is 1. The Labute approximate surface area is 176 Å². The number of rotatable bonds is 8. The molecule has 0 aliphatic heterocycles. The number of benzene rings is 2. The fourth-order valence-electron chi connectivity index (χ4n) is 2.55. The summed E-state index contributed by atoms with van der Waals surface area (Å²) in [6.07, 6.45) is -0.482. The third-order valence-electron chi connectivity index (χ3n) is 3.87. The van der Waals surface area contributed by atoms with Crippen LogP contribution in [-0.4, -0.2) is 30.3 Å². The number of carbonyl (C=O) groups is 2. The minimum Gasteiger partial charge on any atom is -0.479 e. The molecule has 2 rings (SSSR count). The van der Waals surface area contributed by atoms with E-state index in [9.17, 15) is 9.59 Å². The maximum atomic E-state index is 12.7. The number of nitrogens with one attached hydrogen (secondary N) is 1. The van der Waals surface area contributed by atoms with Crippen molar-refractivity contribution in [3.8, 4) is 11.8 Å². The van der Waals surface area contributed by atoms with E-state index in [1.165, 1.54) is 0 Å². The second-order valence-corrected chi connectivity index (χ2v) is 7.59. The normalized spacial score (nSPS) is 11.7. The molecule has 0 aliphatic rings. The average molecular weight is 410 g/mol. The summed E-state index contributed by atoms with van der Waals surface area (Å²) in [5.74, 6) is -0.0156. The number of esters is 1. The van der Waals surface area contributed by atoms with Crippen LogP contribution in [0.5, 0.6) is 5.75 Å². The van der Waals surface area contributed by atoms with Gasteiger partial charge in [0.05, 0.1) is 0 Å². The van der Waals surface area contributed by atoms with Gasteiger partial charge in [-0.1, -0.05) is 42.5 Å². The molecule has 1 unspecified atom stereocenters. The lowest BCUT2D eigenvalue weighted by Gasteiger charge is -2.23. The van der Waals surface area contributed by atoms with Crippen LogP contribution in [0.1, 0.15) is 31.9 Å². The van der Waals surface area contributed by atoms with Crippen molar-refractivity contribution in [2.45, 2.75) is 45.4 Å². The molecule has 7 nitrogen and oxygen atoms in total. The van der Waals surface area contributed by atoms with Gasteiger partial charge in [-0.05, 0) is 44.0 Å². The summed E-state index contributed by atoms with van der Waals surface area (Å²) in [5, 5.41) is 11.2. The zero-order chi connectivity index (χ0) is 22.0. The Morgan fingerprint density at radius 2 is 1.70 bits per heavy atom. The third kappa shape index (κ3) is 8.23. The van der Waals surface area contributed by atoms with E-state index < -0.39 is 23.7 Å². The number of nitrogens with zero attached hydrogens (tertiary/aromatic N) is 1. The van der Waals surface area contributed by atoms with E-state index in [1.54, 1.807) is 45.0 Å². The molecule has 0 fully saturated rings. The van der Waals surface area contributed by atoms with Crippen molar-refractivity contribution in [3.05, 3.63) is 65.7 Å². The van der Waals surface area contributed by atoms with Gasteiger partial charge in [0.2, 0.25) is 0 Å². The van der Waals surface area contributed by atoms with Crippen molar-refractivity contribution < 1.29 is 23.8 Å². The highest BCUT2D eigenvalue weighted by molar-refractivity contribution is 5.81. The molecule has 0 aromatic heterocycles. The fourth-order valence-corrected chi connectivity index (χ4v) is 2.55. The average Bonchev–Trinajstić information content (AvgIpc) is 2.70. The molecule has 2 aromatic rings. The smallest absolute Gasteiger partial charge is 0.408 e. The molecule has 1 atom stereocenters. The lowest BCUT2D eigenvalue weighted by molar-refractivity contribution is -0.147. The van der Waals surface area contributed by atoms with E-state index in [2.05, 4.69) is 5.32 Å². The summed E-state index contributed by atoms with van der Waals surface area (Å²) in [6.45, 7) is 5.29. The van der Waals surface area contributed by atoms with Gasteiger partial charge in [-0.2, -0.15) is 5.26 Å². The van der Waals surface area contributed by atoms with Crippen molar-refractivity contribution in [1.29, 1.82) is 5.26 Å². The summed E-state index contributed by atoms with van der Waals surface area (Å²) in [6, 6.07) is 17.2. The molecule has 0 radical (unpaired) electrons. The molecular weight excluding hydrogens is 384 g/mol. The first-order chi connectivity index (χ1) is 14.3. The molecule has 1 N–H and O–H groups in total. The highest BCUT2D eigenvalue weighted by atomic mass is 16.6. The Balaban J connectivity index is 2.06. The molecule has 0 saturated heterocycles. The number of alkyl carbamates (subject to hydrolysis) is 1. The van der Waals surface area contributed by atoms with Gasteiger partial charge in [-0.3, -0.25) is 0 Å². The Kier molecular flexibility index (Phi) is 8.24. The molecule has 0 spiro atoms. The van der Waals surface area contributed by atoms with Crippen LogP contribution in [0.15, 0.2) is 54.6 Å². The topological polar surface area (TPSA) is 97.6 Å². The monoisotopic (exact) mass is 410 g/mol. The Morgan fingerprint density at radius 3 is 2.30 bits per heavy atom. The van der Waals surface area contributed by atoms with Crippen LogP contribution in [0.2, 0.25) is 0 Å². The van der Waals surface area contributed by atoms with Gasteiger partial charge in [0.15, 0.2) is 6.61 Å². The Hall–Kier alpha value is -3.53. The summed E-state index contributed by atoms with van der Waals surface area (Å²) < 4.78 is 15.9. The predicted molar refractivity (Wildman–Crippen MR) is 111 cm³/mol. The maximum absolute atomic E-state index is 12.7. The van der Waals surface area contributed by atoms with E-state index in [4.69, 9.17) is 19.5 Å². The van der Waals surface area contributed by atoms with Crippen molar-refractivity contribution in [3.63, 3.8) is 0 Å². The quantitative estimate of drug-likeness (QED) is 0.666. The number of amides is 1. The zero-order valence-corrected chi connectivity index (χ0v) is 17.4. The van der Waals surface area contributed by atoms with Gasteiger partial charge in [0.1, 0.15) is 30.1 Å². The molecular formula is C23H26N2O5. The van der Waals surface area contributed by atoms with Crippen LogP contribution in [0.25, 0.3) is 0 Å². The van der Waals surface area contributed by atoms with Crippen LogP contribution in [0.3, 0.4) is 0 Å². The van der Waals surface area contributed by atoms with Crippen molar-refractivity contribution in [2.75, 3.05) is 6.61 Å². The second kappa shape index (κ2) is 10.9. The number of hydrogen-bond acceptors (Lipinski definition) is 6. The first-order valence-corrected chi connectivity index (χ1v) is 9.55.